The lowest BCUT2D eigenvalue weighted by Gasteiger charge is -2.28. The number of methoxy groups -OCH3 is 1. The van der Waals surface area contributed by atoms with Gasteiger partial charge in [0.1, 0.15) is 11.6 Å². The van der Waals surface area contributed by atoms with Crippen LogP contribution in [0, 0.1) is 5.82 Å². The van der Waals surface area contributed by atoms with Gasteiger partial charge in [-0.05, 0) is 62.3 Å². The lowest BCUT2D eigenvalue weighted by Crippen LogP contribution is -2.42. The summed E-state index contributed by atoms with van der Waals surface area (Å²) >= 11 is 6.00. The minimum Gasteiger partial charge on any atom is -0.496 e. The summed E-state index contributed by atoms with van der Waals surface area (Å²) in [6.45, 7) is 8.00. The van der Waals surface area contributed by atoms with Crippen molar-refractivity contribution in [3.8, 4) is 5.75 Å². The number of hydroxylamine groups is 3. The fourth-order valence-electron chi connectivity index (χ4n) is 7.86. The van der Waals surface area contributed by atoms with Gasteiger partial charge in [0.15, 0.2) is 0 Å². The van der Waals surface area contributed by atoms with Gasteiger partial charge >= 0.3 is 0 Å². The molecule has 0 saturated heterocycles. The van der Waals surface area contributed by atoms with Crippen molar-refractivity contribution < 1.29 is 39.1 Å². The molecule has 0 radical (unpaired) electrons. The van der Waals surface area contributed by atoms with Gasteiger partial charge in [0.2, 0.25) is 0 Å². The van der Waals surface area contributed by atoms with Gasteiger partial charge in [-0.25, -0.2) is 20.8 Å². The fraction of sp³-hybridized carbons (Fsp3) is 0.488. The topological polar surface area (TPSA) is 157 Å². The predicted octanol–water partition coefficient (Wildman–Crippen LogP) is 8.86. The Bertz CT molecular complexity index is 1550. The molecule has 6 rings (SSSR count). The molecule has 0 unspecified atom stereocenters. The summed E-state index contributed by atoms with van der Waals surface area (Å²) in [5.41, 5.74) is 5.15. The van der Waals surface area contributed by atoms with Crippen molar-refractivity contribution in [3.63, 3.8) is 0 Å². The average Bonchev–Trinajstić information content (AvgIpc) is 4.03. The Labute approximate surface area is 318 Å². The number of rotatable bonds is 7. The molecule has 0 atom stereocenters. The molecule has 3 aliphatic carbocycles. The molecule has 0 bridgehead atoms. The SMILES string of the molecule is CC.CC.COc1ccccc1C1(C(=O)NO)CCCC1.O=C(NO)C1(c2c(F)cccc2Cl)CCCC1.O=C(NO)C1(c2ccccc2)CCCC1. The number of ether oxygens (including phenoxy) is 1. The van der Waals surface area contributed by atoms with E-state index in [4.69, 9.17) is 32.0 Å². The van der Waals surface area contributed by atoms with Crippen LogP contribution in [0.4, 0.5) is 4.39 Å². The van der Waals surface area contributed by atoms with E-state index in [0.29, 0.717) is 18.6 Å². The summed E-state index contributed by atoms with van der Waals surface area (Å²) in [6, 6.07) is 21.6. The van der Waals surface area contributed by atoms with E-state index in [2.05, 4.69) is 0 Å². The Morgan fingerprint density at radius 1 is 0.604 bits per heavy atom. The first-order valence-corrected chi connectivity index (χ1v) is 19.0. The summed E-state index contributed by atoms with van der Waals surface area (Å²) < 4.78 is 19.2. The zero-order valence-electron chi connectivity index (χ0n) is 31.6. The third kappa shape index (κ3) is 10.1. The van der Waals surface area contributed by atoms with Crippen LogP contribution in [0.1, 0.15) is 121 Å². The number of hydrogen-bond donors (Lipinski definition) is 6. The Balaban J connectivity index is 0.000000263. The molecular formula is C41H57ClFN3O7. The summed E-state index contributed by atoms with van der Waals surface area (Å²) in [6.07, 6.45) is 9.85. The largest absolute Gasteiger partial charge is 0.496 e. The molecule has 292 valence electrons. The van der Waals surface area contributed by atoms with E-state index in [0.717, 1.165) is 75.3 Å². The first kappa shape index (κ1) is 45.1. The van der Waals surface area contributed by atoms with Gasteiger partial charge in [-0.1, -0.05) is 132 Å². The highest BCUT2D eigenvalue weighted by Crippen LogP contribution is 2.46. The lowest BCUT2D eigenvalue weighted by molar-refractivity contribution is -0.135. The normalized spacial score (nSPS) is 17.0. The summed E-state index contributed by atoms with van der Waals surface area (Å²) in [7, 11) is 1.60. The Hall–Kier alpha value is -4.03. The zero-order valence-corrected chi connectivity index (χ0v) is 32.4. The van der Waals surface area contributed by atoms with Crippen LogP contribution >= 0.6 is 11.6 Å². The molecular weight excluding hydrogens is 701 g/mol. The van der Waals surface area contributed by atoms with Crippen molar-refractivity contribution in [1.29, 1.82) is 0 Å². The van der Waals surface area contributed by atoms with E-state index in [-0.39, 0.29) is 22.4 Å². The molecule has 3 aromatic rings. The van der Waals surface area contributed by atoms with Crippen molar-refractivity contribution in [3.05, 3.63) is 100 Å². The maximum atomic E-state index is 13.9. The van der Waals surface area contributed by atoms with Crippen molar-refractivity contribution >= 4 is 29.3 Å². The standard InChI is InChI=1S/C13H17NO3.C12H13ClFNO2.C12H15NO2.2C2H6/c1-17-11-7-3-2-6-10(11)13(12(15)14-16)8-4-5-9-13;13-8-4-3-5-9(14)10(8)12(11(16)15-17)6-1-2-7-12;14-11(13-15)12(8-4-5-9-12)10-6-2-1-3-7-10;2*1-2/h2-3,6-7,16H,4-5,8-9H2,1H3,(H,14,15);3-5,17H,1-2,6-7H2,(H,15,16);1-3,6-7,15H,4-5,8-9H2,(H,13,14);2*1-2H3. The molecule has 3 amide bonds. The third-order valence-electron chi connectivity index (χ3n) is 10.4. The second kappa shape index (κ2) is 22.2. The molecule has 6 N–H and O–H groups in total. The maximum Gasteiger partial charge on any atom is 0.254 e. The average molecular weight is 758 g/mol. The van der Waals surface area contributed by atoms with E-state index in [1.165, 1.54) is 12.1 Å². The van der Waals surface area contributed by atoms with Crippen LogP contribution < -0.4 is 21.2 Å². The number of carbonyl (C=O) groups is 3. The highest BCUT2D eigenvalue weighted by molar-refractivity contribution is 6.31. The highest BCUT2D eigenvalue weighted by atomic mass is 35.5. The van der Waals surface area contributed by atoms with Crippen molar-refractivity contribution in [2.24, 2.45) is 0 Å². The highest BCUT2D eigenvalue weighted by Gasteiger charge is 2.46. The molecule has 53 heavy (non-hydrogen) atoms. The first-order valence-electron chi connectivity index (χ1n) is 18.6. The molecule has 0 aromatic heterocycles. The summed E-state index contributed by atoms with van der Waals surface area (Å²) in [5.74, 6) is -0.978. The van der Waals surface area contributed by atoms with Crippen LogP contribution in [-0.2, 0) is 30.6 Å². The molecule has 3 aromatic carbocycles. The third-order valence-corrected chi connectivity index (χ3v) is 10.7. The quantitative estimate of drug-likeness (QED) is 0.104. The lowest BCUT2D eigenvalue weighted by atomic mass is 9.77. The molecule has 12 heteroatoms. The Morgan fingerprint density at radius 3 is 1.49 bits per heavy atom. The number of hydrogen-bond acceptors (Lipinski definition) is 7. The molecule has 3 fully saturated rings. The Kier molecular flexibility index (Phi) is 18.9. The van der Waals surface area contributed by atoms with Gasteiger partial charge in [0.05, 0.1) is 23.4 Å². The van der Waals surface area contributed by atoms with Crippen LogP contribution in [0.5, 0.6) is 5.75 Å². The van der Waals surface area contributed by atoms with E-state index < -0.39 is 28.0 Å². The number of para-hydroxylation sites is 1. The first-order chi connectivity index (χ1) is 25.7. The van der Waals surface area contributed by atoms with Gasteiger partial charge in [-0.3, -0.25) is 30.0 Å². The monoisotopic (exact) mass is 757 g/mol. The predicted molar refractivity (Wildman–Crippen MR) is 204 cm³/mol. The second-order valence-corrected chi connectivity index (χ2v) is 13.3. The number of carbonyl (C=O) groups excluding carboxylic acids is 3. The van der Waals surface area contributed by atoms with Gasteiger partial charge in [-0.15, -0.1) is 0 Å². The molecule has 3 saturated carbocycles. The minimum absolute atomic E-state index is 0.200. The van der Waals surface area contributed by atoms with Crippen LogP contribution in [0.15, 0.2) is 72.8 Å². The fourth-order valence-corrected chi connectivity index (χ4v) is 8.21. The van der Waals surface area contributed by atoms with Gasteiger partial charge in [0, 0.05) is 16.1 Å². The van der Waals surface area contributed by atoms with Gasteiger partial charge in [0.25, 0.3) is 17.7 Å². The Morgan fingerprint density at radius 2 is 1.02 bits per heavy atom. The molecule has 0 aliphatic heterocycles. The number of amides is 3. The van der Waals surface area contributed by atoms with Crippen LogP contribution in [0.25, 0.3) is 0 Å². The van der Waals surface area contributed by atoms with E-state index in [1.54, 1.807) is 24.1 Å². The van der Waals surface area contributed by atoms with Crippen molar-refractivity contribution in [1.82, 2.24) is 16.4 Å². The molecule has 3 aliphatic rings. The van der Waals surface area contributed by atoms with E-state index in [9.17, 15) is 18.8 Å². The molecule has 0 heterocycles. The summed E-state index contributed by atoms with van der Waals surface area (Å²) in [5, 5.41) is 26.8. The number of benzene rings is 3. The van der Waals surface area contributed by atoms with Gasteiger partial charge < -0.3 is 4.74 Å². The molecule has 0 spiro atoms. The number of nitrogens with one attached hydrogen (secondary N) is 3. The minimum atomic E-state index is -1.03. The van der Waals surface area contributed by atoms with Crippen molar-refractivity contribution in [2.45, 2.75) is 121 Å². The summed E-state index contributed by atoms with van der Waals surface area (Å²) in [4.78, 5) is 35.6. The maximum absolute atomic E-state index is 13.9. The molecule has 10 nitrogen and oxygen atoms in total. The zero-order chi connectivity index (χ0) is 39.5. The van der Waals surface area contributed by atoms with Crippen LogP contribution in [0.2, 0.25) is 5.02 Å². The van der Waals surface area contributed by atoms with Crippen molar-refractivity contribution in [2.75, 3.05) is 7.11 Å². The van der Waals surface area contributed by atoms with Crippen LogP contribution in [0.3, 0.4) is 0 Å². The van der Waals surface area contributed by atoms with E-state index >= 15 is 0 Å². The smallest absolute Gasteiger partial charge is 0.254 e. The van der Waals surface area contributed by atoms with Crippen LogP contribution in [-0.4, -0.2) is 40.5 Å². The van der Waals surface area contributed by atoms with E-state index in [1.807, 2.05) is 87.8 Å². The van der Waals surface area contributed by atoms with Gasteiger partial charge in [-0.2, -0.15) is 0 Å². The second-order valence-electron chi connectivity index (χ2n) is 12.9. The number of halogens is 2.